The quantitative estimate of drug-likeness (QED) is 0.828. The molecule has 1 aromatic carbocycles. The molecule has 0 radical (unpaired) electrons. The molecule has 1 saturated heterocycles. The molecule has 24 heavy (non-hydrogen) atoms. The van der Waals surface area contributed by atoms with Crippen LogP contribution in [0.1, 0.15) is 26.7 Å². The van der Waals surface area contributed by atoms with E-state index in [0.717, 1.165) is 43.9 Å². The van der Waals surface area contributed by atoms with Gasteiger partial charge >= 0.3 is 0 Å². The van der Waals surface area contributed by atoms with E-state index in [1.807, 2.05) is 43.0 Å². The number of anilines is 1. The zero-order valence-corrected chi connectivity index (χ0v) is 15.6. The summed E-state index contributed by atoms with van der Waals surface area (Å²) in [6, 6.07) is 7.69. The lowest BCUT2D eigenvalue weighted by Gasteiger charge is -2.36. The maximum atomic E-state index is 12.6. The van der Waals surface area contributed by atoms with Crippen LogP contribution in [0.5, 0.6) is 5.75 Å². The maximum Gasteiger partial charge on any atom is 0.227 e. The molecular weight excluding hydrogens is 322 g/mol. The van der Waals surface area contributed by atoms with Gasteiger partial charge in [0, 0.05) is 37.9 Å². The first-order valence-corrected chi connectivity index (χ1v) is 8.98. The summed E-state index contributed by atoms with van der Waals surface area (Å²) < 4.78 is 5.23. The number of methoxy groups -OCH3 is 1. The molecule has 0 aliphatic carbocycles. The van der Waals surface area contributed by atoms with E-state index in [0.29, 0.717) is 11.7 Å². The summed E-state index contributed by atoms with van der Waals surface area (Å²) >= 11 is 5.55. The van der Waals surface area contributed by atoms with E-state index >= 15 is 0 Å². The van der Waals surface area contributed by atoms with Crippen LogP contribution in [0.3, 0.4) is 0 Å². The summed E-state index contributed by atoms with van der Waals surface area (Å²) in [5.41, 5.74) is 0.900. The molecule has 1 aliphatic heterocycles. The van der Waals surface area contributed by atoms with E-state index in [9.17, 15) is 4.79 Å². The number of piperidine rings is 1. The van der Waals surface area contributed by atoms with Gasteiger partial charge in [0.15, 0.2) is 5.11 Å². The highest BCUT2D eigenvalue weighted by Crippen LogP contribution is 2.21. The number of hydrogen-bond acceptors (Lipinski definition) is 3. The van der Waals surface area contributed by atoms with Crippen molar-refractivity contribution in [2.75, 3.05) is 38.6 Å². The van der Waals surface area contributed by atoms with Gasteiger partial charge in [-0.1, -0.05) is 6.07 Å². The van der Waals surface area contributed by atoms with Gasteiger partial charge in [-0.3, -0.25) is 4.79 Å². The average Bonchev–Trinajstić information content (AvgIpc) is 2.63. The van der Waals surface area contributed by atoms with Gasteiger partial charge in [0.05, 0.1) is 13.0 Å². The molecule has 1 atom stereocenters. The van der Waals surface area contributed by atoms with E-state index in [-0.39, 0.29) is 11.8 Å². The predicted octanol–water partition coefficient (Wildman–Crippen LogP) is 2.97. The molecule has 132 valence electrons. The summed E-state index contributed by atoms with van der Waals surface area (Å²) in [4.78, 5) is 16.6. The minimum atomic E-state index is 0.0312. The predicted molar refractivity (Wildman–Crippen MR) is 101 cm³/mol. The zero-order valence-electron chi connectivity index (χ0n) is 14.7. The smallest absolute Gasteiger partial charge is 0.227 e. The molecular formula is C18H27N3O2S. The van der Waals surface area contributed by atoms with Gasteiger partial charge < -0.3 is 19.9 Å². The number of thiocarbonyl (C=S) groups is 1. The highest BCUT2D eigenvalue weighted by atomic mass is 32.1. The van der Waals surface area contributed by atoms with Gasteiger partial charge in [0.25, 0.3) is 0 Å². The van der Waals surface area contributed by atoms with Crippen molar-refractivity contribution in [3.8, 4) is 5.75 Å². The Kier molecular flexibility index (Phi) is 6.85. The molecule has 1 aliphatic rings. The van der Waals surface area contributed by atoms with Crippen LogP contribution in [0, 0.1) is 5.92 Å². The van der Waals surface area contributed by atoms with Gasteiger partial charge in [-0.25, -0.2) is 0 Å². The fourth-order valence-corrected chi connectivity index (χ4v) is 3.34. The van der Waals surface area contributed by atoms with Crippen LogP contribution in [-0.2, 0) is 4.79 Å². The summed E-state index contributed by atoms with van der Waals surface area (Å²) in [7, 11) is 1.64. The summed E-state index contributed by atoms with van der Waals surface area (Å²) in [5, 5.41) is 3.92. The third-order valence-corrected chi connectivity index (χ3v) is 4.81. The average molecular weight is 350 g/mol. The second-order valence-corrected chi connectivity index (χ2v) is 6.34. The number of carbonyl (C=O) groups excluding carboxylic acids is 1. The third kappa shape index (κ3) is 4.60. The van der Waals surface area contributed by atoms with E-state index in [2.05, 4.69) is 10.2 Å². The van der Waals surface area contributed by atoms with Gasteiger partial charge in [-0.2, -0.15) is 0 Å². The van der Waals surface area contributed by atoms with Crippen LogP contribution in [0.25, 0.3) is 0 Å². The van der Waals surface area contributed by atoms with Crippen LogP contribution >= 0.6 is 12.2 Å². The van der Waals surface area contributed by atoms with Crippen LogP contribution in [0.2, 0.25) is 0 Å². The van der Waals surface area contributed by atoms with E-state index < -0.39 is 0 Å². The standard InChI is InChI=1S/C18H27N3O2S/c1-4-20(5-2)17(22)14-8-7-11-21(13-14)18(24)19-15-9-6-10-16(12-15)23-3/h6,9-10,12,14H,4-5,7-8,11,13H2,1-3H3,(H,19,24). The Balaban J connectivity index is 1.98. The Morgan fingerprint density at radius 2 is 2.17 bits per heavy atom. The lowest BCUT2D eigenvalue weighted by Crippen LogP contribution is -2.47. The maximum absolute atomic E-state index is 12.6. The Labute approximate surface area is 150 Å². The van der Waals surface area contributed by atoms with Gasteiger partial charge in [0.1, 0.15) is 5.75 Å². The van der Waals surface area contributed by atoms with Crippen LogP contribution in [0.4, 0.5) is 5.69 Å². The molecule has 5 nitrogen and oxygen atoms in total. The van der Waals surface area contributed by atoms with Crippen molar-refractivity contribution in [2.45, 2.75) is 26.7 Å². The number of carbonyl (C=O) groups is 1. The van der Waals surface area contributed by atoms with E-state index in [1.54, 1.807) is 7.11 Å². The van der Waals surface area contributed by atoms with Crippen molar-refractivity contribution in [1.29, 1.82) is 0 Å². The molecule has 0 spiro atoms. The number of benzene rings is 1. The van der Waals surface area contributed by atoms with Crippen LogP contribution in [-0.4, -0.2) is 54.1 Å². The molecule has 0 bridgehead atoms. The molecule has 1 N–H and O–H groups in total. The molecule has 1 fully saturated rings. The van der Waals surface area contributed by atoms with Gasteiger partial charge in [-0.15, -0.1) is 0 Å². The number of hydrogen-bond donors (Lipinski definition) is 1. The topological polar surface area (TPSA) is 44.8 Å². The second kappa shape index (κ2) is 8.87. The molecule has 6 heteroatoms. The van der Waals surface area contributed by atoms with Crippen molar-refractivity contribution in [1.82, 2.24) is 9.80 Å². The number of nitrogens with one attached hydrogen (secondary N) is 1. The summed E-state index contributed by atoms with van der Waals surface area (Å²) in [6.07, 6.45) is 1.92. The van der Waals surface area contributed by atoms with Gasteiger partial charge in [-0.05, 0) is 51.0 Å². The molecule has 1 amide bonds. The van der Waals surface area contributed by atoms with Crippen LogP contribution < -0.4 is 10.1 Å². The molecule has 0 saturated carbocycles. The summed E-state index contributed by atoms with van der Waals surface area (Å²) in [5.74, 6) is 1.06. The summed E-state index contributed by atoms with van der Waals surface area (Å²) in [6.45, 7) is 7.15. The number of likely N-dealkylation sites (tertiary alicyclic amines) is 1. The van der Waals surface area contributed by atoms with Crippen molar-refractivity contribution in [3.63, 3.8) is 0 Å². The third-order valence-electron chi connectivity index (χ3n) is 4.45. The van der Waals surface area contributed by atoms with Crippen LogP contribution in [0.15, 0.2) is 24.3 Å². The van der Waals surface area contributed by atoms with Crippen molar-refractivity contribution < 1.29 is 9.53 Å². The number of amides is 1. The number of nitrogens with zero attached hydrogens (tertiary/aromatic N) is 2. The Bertz CT molecular complexity index is 575. The Hall–Kier alpha value is -1.82. The zero-order chi connectivity index (χ0) is 17.5. The minimum absolute atomic E-state index is 0.0312. The Morgan fingerprint density at radius 1 is 1.42 bits per heavy atom. The first kappa shape index (κ1) is 18.5. The Morgan fingerprint density at radius 3 is 2.83 bits per heavy atom. The normalized spacial score (nSPS) is 17.3. The van der Waals surface area contributed by atoms with Gasteiger partial charge in [0.2, 0.25) is 5.91 Å². The fraction of sp³-hybridized carbons (Fsp3) is 0.556. The number of ether oxygens (including phenoxy) is 1. The van der Waals surface area contributed by atoms with Crippen molar-refractivity contribution in [3.05, 3.63) is 24.3 Å². The lowest BCUT2D eigenvalue weighted by molar-refractivity contribution is -0.136. The minimum Gasteiger partial charge on any atom is -0.497 e. The highest BCUT2D eigenvalue weighted by Gasteiger charge is 2.29. The van der Waals surface area contributed by atoms with E-state index in [1.165, 1.54) is 0 Å². The lowest BCUT2D eigenvalue weighted by atomic mass is 9.96. The molecule has 1 unspecified atom stereocenters. The largest absolute Gasteiger partial charge is 0.497 e. The van der Waals surface area contributed by atoms with E-state index in [4.69, 9.17) is 17.0 Å². The number of rotatable bonds is 5. The molecule has 1 aromatic rings. The first-order chi connectivity index (χ1) is 11.6. The monoisotopic (exact) mass is 349 g/mol. The molecule has 2 rings (SSSR count). The van der Waals surface area contributed by atoms with Crippen molar-refractivity contribution >= 4 is 28.9 Å². The second-order valence-electron chi connectivity index (χ2n) is 5.96. The highest BCUT2D eigenvalue weighted by molar-refractivity contribution is 7.80. The molecule has 0 aromatic heterocycles. The fourth-order valence-electron chi connectivity index (χ4n) is 3.06. The SMILES string of the molecule is CCN(CC)C(=O)C1CCCN(C(=S)Nc2cccc(OC)c2)C1. The first-order valence-electron chi connectivity index (χ1n) is 8.57. The molecule has 1 heterocycles. The van der Waals surface area contributed by atoms with Crippen molar-refractivity contribution in [2.24, 2.45) is 5.92 Å².